The molecule has 0 radical (unpaired) electrons. The number of nitrogens with one attached hydrogen (secondary N) is 2. The van der Waals surface area contributed by atoms with Crippen LogP contribution in [0, 0.1) is 19.8 Å². The van der Waals surface area contributed by atoms with Crippen molar-refractivity contribution in [3.63, 3.8) is 0 Å². The molecule has 2 N–H and O–H groups in total. The number of hydrogen-bond donors (Lipinski definition) is 2. The number of methoxy groups -OCH3 is 1. The molecular formula is C27H35N3O4. The number of likely N-dealkylation sites (tertiary alicyclic amines) is 1. The Bertz CT molecular complexity index is 999. The third-order valence-electron chi connectivity index (χ3n) is 6.46. The molecule has 0 saturated carbocycles. The summed E-state index contributed by atoms with van der Waals surface area (Å²) in [5, 5.41) is 5.92. The van der Waals surface area contributed by atoms with Gasteiger partial charge >= 0.3 is 0 Å². The number of rotatable bonds is 9. The summed E-state index contributed by atoms with van der Waals surface area (Å²) in [6.07, 6.45) is 1.98. The number of carbonyl (C=O) groups is 3. The molecule has 1 heterocycles. The summed E-state index contributed by atoms with van der Waals surface area (Å²) < 4.78 is 5.06. The van der Waals surface area contributed by atoms with Crippen LogP contribution in [0.5, 0.6) is 0 Å². The molecule has 1 aliphatic rings. The Morgan fingerprint density at radius 2 is 1.56 bits per heavy atom. The fourth-order valence-corrected chi connectivity index (χ4v) is 4.40. The van der Waals surface area contributed by atoms with Crippen LogP contribution in [0.15, 0.2) is 48.5 Å². The van der Waals surface area contributed by atoms with Crippen LogP contribution < -0.4 is 10.6 Å². The van der Waals surface area contributed by atoms with Gasteiger partial charge in [-0.3, -0.25) is 14.4 Å². The van der Waals surface area contributed by atoms with Crippen molar-refractivity contribution in [2.45, 2.75) is 39.2 Å². The lowest BCUT2D eigenvalue weighted by Gasteiger charge is -2.36. The minimum absolute atomic E-state index is 0.0149. The zero-order chi connectivity index (χ0) is 24.5. The molecule has 182 valence electrons. The first kappa shape index (κ1) is 25.4. The second-order valence-corrected chi connectivity index (χ2v) is 8.85. The smallest absolute Gasteiger partial charge is 0.254 e. The predicted molar refractivity (Wildman–Crippen MR) is 132 cm³/mol. The molecule has 0 aromatic heterocycles. The topological polar surface area (TPSA) is 87.7 Å². The summed E-state index contributed by atoms with van der Waals surface area (Å²) in [5.41, 5.74) is 3.08. The Kier molecular flexibility index (Phi) is 9.22. The van der Waals surface area contributed by atoms with Crippen molar-refractivity contribution in [2.24, 2.45) is 5.92 Å². The van der Waals surface area contributed by atoms with Crippen molar-refractivity contribution in [1.29, 1.82) is 0 Å². The lowest BCUT2D eigenvalue weighted by molar-refractivity contribution is -0.124. The van der Waals surface area contributed by atoms with Gasteiger partial charge in [0.15, 0.2) is 0 Å². The van der Waals surface area contributed by atoms with Crippen molar-refractivity contribution in [3.05, 3.63) is 70.8 Å². The minimum Gasteiger partial charge on any atom is -0.385 e. The second kappa shape index (κ2) is 12.3. The Balaban J connectivity index is 1.68. The molecule has 34 heavy (non-hydrogen) atoms. The van der Waals surface area contributed by atoms with Gasteiger partial charge < -0.3 is 20.3 Å². The van der Waals surface area contributed by atoms with Crippen LogP contribution in [0.3, 0.4) is 0 Å². The Morgan fingerprint density at radius 3 is 2.15 bits per heavy atom. The maximum absolute atomic E-state index is 13.1. The molecule has 1 saturated heterocycles. The van der Waals surface area contributed by atoms with Crippen LogP contribution in [0.1, 0.15) is 51.1 Å². The maximum atomic E-state index is 13.1. The van der Waals surface area contributed by atoms with Gasteiger partial charge in [-0.25, -0.2) is 0 Å². The minimum atomic E-state index is -0.662. The van der Waals surface area contributed by atoms with Crippen molar-refractivity contribution in [1.82, 2.24) is 15.5 Å². The summed E-state index contributed by atoms with van der Waals surface area (Å²) >= 11 is 0. The van der Waals surface area contributed by atoms with E-state index in [2.05, 4.69) is 10.6 Å². The fraction of sp³-hybridized carbons (Fsp3) is 0.444. The van der Waals surface area contributed by atoms with Crippen LogP contribution in [0.4, 0.5) is 0 Å². The van der Waals surface area contributed by atoms with Crippen LogP contribution in [0.2, 0.25) is 0 Å². The monoisotopic (exact) mass is 465 g/mol. The first-order valence-electron chi connectivity index (χ1n) is 11.9. The van der Waals surface area contributed by atoms with Gasteiger partial charge in [0.2, 0.25) is 5.91 Å². The molecular weight excluding hydrogens is 430 g/mol. The van der Waals surface area contributed by atoms with Gasteiger partial charge in [-0.15, -0.1) is 0 Å². The molecule has 1 atom stereocenters. The van der Waals surface area contributed by atoms with Crippen LogP contribution in [0.25, 0.3) is 0 Å². The van der Waals surface area contributed by atoms with E-state index >= 15 is 0 Å². The van der Waals surface area contributed by atoms with Gasteiger partial charge in [0, 0.05) is 44.5 Å². The average Bonchev–Trinajstić information content (AvgIpc) is 2.85. The first-order chi connectivity index (χ1) is 16.4. The number of hydrogen-bond acceptors (Lipinski definition) is 4. The lowest BCUT2D eigenvalue weighted by atomic mass is 9.88. The van der Waals surface area contributed by atoms with E-state index in [0.29, 0.717) is 56.6 Å². The molecule has 0 aliphatic carbocycles. The zero-order valence-electron chi connectivity index (χ0n) is 20.3. The number of ether oxygens (including phenoxy) is 1. The number of nitrogens with zero attached hydrogens (tertiary/aromatic N) is 1. The highest BCUT2D eigenvalue weighted by atomic mass is 16.5. The van der Waals surface area contributed by atoms with Crippen LogP contribution in [-0.4, -0.2) is 62.0 Å². The standard InChI is InChI=1S/C27H35N3O4/c1-19-9-4-6-11-22(19)25(31)29-24(26(32)28-15-8-18-34-3)21-13-16-30(17-14-21)27(33)23-12-7-5-10-20(23)2/h4-7,9-12,21,24H,8,13-18H2,1-3H3,(H,28,32)(H,29,31)/t24-/m1/s1. The van der Waals surface area contributed by atoms with Gasteiger partial charge in [-0.05, 0) is 62.3 Å². The first-order valence-corrected chi connectivity index (χ1v) is 11.9. The van der Waals surface area contributed by atoms with Crippen molar-refractivity contribution in [2.75, 3.05) is 33.4 Å². The molecule has 7 heteroatoms. The van der Waals surface area contributed by atoms with E-state index in [4.69, 9.17) is 4.74 Å². The van der Waals surface area contributed by atoms with Crippen LogP contribution in [-0.2, 0) is 9.53 Å². The average molecular weight is 466 g/mol. The number of benzene rings is 2. The summed E-state index contributed by atoms with van der Waals surface area (Å²) in [4.78, 5) is 41.0. The van der Waals surface area contributed by atoms with E-state index in [-0.39, 0.29) is 23.6 Å². The third-order valence-corrected chi connectivity index (χ3v) is 6.46. The summed E-state index contributed by atoms with van der Waals surface area (Å²) in [5.74, 6) is -0.493. The van der Waals surface area contributed by atoms with Gasteiger partial charge in [0.1, 0.15) is 6.04 Å². The molecule has 1 aliphatic heterocycles. The molecule has 3 amide bonds. The van der Waals surface area contributed by atoms with E-state index in [1.165, 1.54) is 0 Å². The van der Waals surface area contributed by atoms with E-state index in [9.17, 15) is 14.4 Å². The normalized spacial score (nSPS) is 15.0. The third kappa shape index (κ3) is 6.44. The maximum Gasteiger partial charge on any atom is 0.254 e. The molecule has 2 aromatic carbocycles. The highest BCUT2D eigenvalue weighted by Crippen LogP contribution is 2.24. The van der Waals surface area contributed by atoms with Crippen LogP contribution >= 0.6 is 0 Å². The number of carbonyl (C=O) groups excluding carboxylic acids is 3. The number of amides is 3. The fourth-order valence-electron chi connectivity index (χ4n) is 4.40. The quantitative estimate of drug-likeness (QED) is 0.557. The van der Waals surface area contributed by atoms with Gasteiger partial charge in [0.25, 0.3) is 11.8 Å². The van der Waals surface area contributed by atoms with Gasteiger partial charge in [0.05, 0.1) is 0 Å². The molecule has 3 rings (SSSR count). The lowest BCUT2D eigenvalue weighted by Crippen LogP contribution is -2.54. The summed E-state index contributed by atoms with van der Waals surface area (Å²) in [6.45, 7) is 5.94. The number of piperidine rings is 1. The van der Waals surface area contributed by atoms with E-state index in [0.717, 1.165) is 11.1 Å². The second-order valence-electron chi connectivity index (χ2n) is 8.85. The summed E-state index contributed by atoms with van der Waals surface area (Å²) in [7, 11) is 1.62. The summed E-state index contributed by atoms with van der Waals surface area (Å²) in [6, 6.07) is 14.3. The molecule has 0 spiro atoms. The van der Waals surface area contributed by atoms with Crippen molar-refractivity contribution >= 4 is 17.7 Å². The predicted octanol–water partition coefficient (Wildman–Crippen LogP) is 3.11. The highest BCUT2D eigenvalue weighted by Gasteiger charge is 2.34. The van der Waals surface area contributed by atoms with Crippen molar-refractivity contribution < 1.29 is 19.1 Å². The Hall–Kier alpha value is -3.19. The van der Waals surface area contributed by atoms with E-state index < -0.39 is 6.04 Å². The molecule has 0 bridgehead atoms. The highest BCUT2D eigenvalue weighted by molar-refractivity contribution is 5.99. The molecule has 0 unspecified atom stereocenters. The van der Waals surface area contributed by atoms with E-state index in [1.54, 1.807) is 13.2 Å². The molecule has 1 fully saturated rings. The Morgan fingerprint density at radius 1 is 0.971 bits per heavy atom. The molecule has 7 nitrogen and oxygen atoms in total. The zero-order valence-corrected chi connectivity index (χ0v) is 20.3. The van der Waals surface area contributed by atoms with Gasteiger partial charge in [-0.2, -0.15) is 0 Å². The Labute approximate surface area is 201 Å². The molecule has 2 aromatic rings. The van der Waals surface area contributed by atoms with Gasteiger partial charge in [-0.1, -0.05) is 36.4 Å². The number of aryl methyl sites for hydroxylation is 2. The van der Waals surface area contributed by atoms with Crippen molar-refractivity contribution in [3.8, 4) is 0 Å². The largest absolute Gasteiger partial charge is 0.385 e. The van der Waals surface area contributed by atoms with E-state index in [1.807, 2.05) is 61.2 Å². The SMILES string of the molecule is COCCCNC(=O)[C@H](NC(=O)c1ccccc1C)C1CCN(C(=O)c2ccccc2C)CC1.